The number of rotatable bonds is 7. The van der Waals surface area contributed by atoms with Gasteiger partial charge in [-0.2, -0.15) is 28.8 Å². The van der Waals surface area contributed by atoms with Crippen molar-refractivity contribution in [2.24, 2.45) is 7.05 Å². The van der Waals surface area contributed by atoms with Gasteiger partial charge in [-0.15, -0.1) is 0 Å². The van der Waals surface area contributed by atoms with Crippen LogP contribution >= 0.6 is 0 Å². The van der Waals surface area contributed by atoms with Gasteiger partial charge >= 0.3 is 12.3 Å². The van der Waals surface area contributed by atoms with Crippen LogP contribution in [0.1, 0.15) is 53.3 Å². The molecule has 6 rings (SSSR count). The van der Waals surface area contributed by atoms with Gasteiger partial charge < -0.3 is 19.4 Å². The Morgan fingerprint density at radius 3 is 2.40 bits per heavy atom. The van der Waals surface area contributed by atoms with E-state index in [4.69, 9.17) is 4.74 Å². The molecule has 0 bridgehead atoms. The van der Waals surface area contributed by atoms with Crippen molar-refractivity contribution < 1.29 is 22.7 Å². The first-order valence-corrected chi connectivity index (χ1v) is 16.2. The standard InChI is InChI=1S/C34H38F3N9O2/c1-23-18-40-42(2)31(23)25-9-12-43(13-10-25)29-16-30(41-32(28(29)17-39)34(35,36)37)45-20-27(21-45)44-14-15-46(26(19-44)8-11-38)33(47)48-22-24-6-4-3-5-7-24/h3-7,16,18,25-27H,8-10,12-15,19-22H2,1-2H3/t26-/m1/s1. The zero-order chi connectivity index (χ0) is 34.0. The maximum atomic E-state index is 14.3. The minimum absolute atomic E-state index is 0.0155. The van der Waals surface area contributed by atoms with E-state index in [2.05, 4.69) is 21.1 Å². The van der Waals surface area contributed by atoms with Gasteiger partial charge in [0.25, 0.3) is 0 Å². The highest BCUT2D eigenvalue weighted by atomic mass is 19.4. The third kappa shape index (κ3) is 6.76. The molecule has 0 aliphatic carbocycles. The monoisotopic (exact) mass is 661 g/mol. The van der Waals surface area contributed by atoms with Crippen molar-refractivity contribution in [3.63, 3.8) is 0 Å². The predicted molar refractivity (Wildman–Crippen MR) is 171 cm³/mol. The predicted octanol–water partition coefficient (Wildman–Crippen LogP) is 4.82. The van der Waals surface area contributed by atoms with Crippen LogP contribution in [0, 0.1) is 29.6 Å². The second-order valence-electron chi connectivity index (χ2n) is 12.7. The van der Waals surface area contributed by atoms with Crippen LogP contribution in [0.4, 0.5) is 29.5 Å². The molecule has 1 aromatic carbocycles. The van der Waals surface area contributed by atoms with Crippen LogP contribution < -0.4 is 9.80 Å². The molecular weight excluding hydrogens is 623 g/mol. The van der Waals surface area contributed by atoms with Crippen LogP contribution in [0.15, 0.2) is 42.6 Å². The summed E-state index contributed by atoms with van der Waals surface area (Å²) in [7, 11) is 1.90. The van der Waals surface area contributed by atoms with Gasteiger partial charge in [-0.05, 0) is 30.9 Å². The van der Waals surface area contributed by atoms with Crippen LogP contribution in [0.3, 0.4) is 0 Å². The highest BCUT2D eigenvalue weighted by Gasteiger charge is 2.42. The highest BCUT2D eigenvalue weighted by Crippen LogP contribution is 2.40. The Labute approximate surface area is 277 Å². The fraction of sp³-hybridized carbons (Fsp3) is 0.500. The molecule has 0 saturated carbocycles. The first-order valence-electron chi connectivity index (χ1n) is 16.2. The number of ether oxygens (including phenoxy) is 1. The lowest BCUT2D eigenvalue weighted by atomic mass is 9.91. The minimum Gasteiger partial charge on any atom is -0.445 e. The SMILES string of the molecule is Cc1cnn(C)c1C1CCN(c2cc(N3CC(N4CCN(C(=O)OCc5ccccc5)[C@H](CC#N)C4)C3)nc(C(F)(F)F)c2C#N)CC1. The van der Waals surface area contributed by atoms with Gasteiger partial charge in [0.15, 0.2) is 5.69 Å². The Balaban J connectivity index is 1.13. The first-order chi connectivity index (χ1) is 23.1. The number of hydrogen-bond donors (Lipinski definition) is 0. The molecule has 2 aromatic heterocycles. The van der Waals surface area contributed by atoms with Crippen LogP contribution in [0.25, 0.3) is 0 Å². The summed E-state index contributed by atoms with van der Waals surface area (Å²) in [5, 5.41) is 23.7. The van der Waals surface area contributed by atoms with Gasteiger partial charge in [-0.25, -0.2) is 9.78 Å². The topological polar surface area (TPSA) is 118 Å². The quantitative estimate of drug-likeness (QED) is 0.351. The van der Waals surface area contributed by atoms with E-state index >= 15 is 0 Å². The zero-order valence-corrected chi connectivity index (χ0v) is 27.0. The molecule has 14 heteroatoms. The minimum atomic E-state index is -4.79. The molecule has 0 N–H and O–H groups in total. The van der Waals surface area contributed by atoms with E-state index in [0.29, 0.717) is 45.8 Å². The number of carbonyl (C=O) groups is 1. The van der Waals surface area contributed by atoms with Crippen LogP contribution in [0.5, 0.6) is 0 Å². The Morgan fingerprint density at radius 2 is 1.77 bits per heavy atom. The maximum absolute atomic E-state index is 14.3. The van der Waals surface area contributed by atoms with Gasteiger partial charge in [0.05, 0.1) is 30.4 Å². The molecule has 3 fully saturated rings. The summed E-state index contributed by atoms with van der Waals surface area (Å²) in [6.07, 6.45) is -1.84. The molecule has 252 valence electrons. The number of halogens is 3. The van der Waals surface area contributed by atoms with E-state index in [1.165, 1.54) is 0 Å². The maximum Gasteiger partial charge on any atom is 0.434 e. The third-order valence-corrected chi connectivity index (χ3v) is 9.75. The van der Waals surface area contributed by atoms with Crippen molar-refractivity contribution >= 4 is 17.6 Å². The van der Waals surface area contributed by atoms with Crippen molar-refractivity contribution in [1.82, 2.24) is 24.6 Å². The van der Waals surface area contributed by atoms with Crippen molar-refractivity contribution in [2.75, 3.05) is 55.6 Å². The number of piperazine rings is 1. The van der Waals surface area contributed by atoms with E-state index < -0.39 is 23.5 Å². The summed E-state index contributed by atoms with van der Waals surface area (Å²) in [5.41, 5.74) is 1.74. The number of nitrogens with zero attached hydrogens (tertiary/aromatic N) is 9. The van der Waals surface area contributed by atoms with Crippen molar-refractivity contribution in [3.05, 3.63) is 70.7 Å². The second kappa shape index (κ2) is 13.7. The van der Waals surface area contributed by atoms with Gasteiger partial charge in [0, 0.05) is 76.6 Å². The molecule has 48 heavy (non-hydrogen) atoms. The summed E-state index contributed by atoms with van der Waals surface area (Å²) in [4.78, 5) is 24.4. The van der Waals surface area contributed by atoms with Crippen molar-refractivity contribution in [1.29, 1.82) is 10.5 Å². The molecule has 3 saturated heterocycles. The molecule has 1 amide bonds. The van der Waals surface area contributed by atoms with E-state index in [-0.39, 0.29) is 42.5 Å². The van der Waals surface area contributed by atoms with Crippen LogP contribution in [-0.2, 0) is 24.6 Å². The number of carbonyl (C=O) groups excluding carboxylic acids is 1. The number of aromatic nitrogens is 3. The Morgan fingerprint density at radius 1 is 1.04 bits per heavy atom. The molecule has 3 aliphatic rings. The average Bonchev–Trinajstić information content (AvgIpc) is 3.40. The summed E-state index contributed by atoms with van der Waals surface area (Å²) in [6, 6.07) is 14.6. The Bertz CT molecular complexity index is 1680. The first kappa shape index (κ1) is 33.1. The number of nitriles is 2. The molecule has 0 spiro atoms. The molecule has 11 nitrogen and oxygen atoms in total. The van der Waals surface area contributed by atoms with E-state index in [0.717, 1.165) is 29.7 Å². The lowest BCUT2D eigenvalue weighted by Crippen LogP contribution is -2.65. The Kier molecular flexibility index (Phi) is 9.47. The van der Waals surface area contributed by atoms with Gasteiger partial charge in [0.1, 0.15) is 24.1 Å². The van der Waals surface area contributed by atoms with E-state index in [9.17, 15) is 28.5 Å². The van der Waals surface area contributed by atoms with E-state index in [1.54, 1.807) is 21.9 Å². The van der Waals surface area contributed by atoms with Crippen molar-refractivity contribution in [2.45, 2.75) is 57.0 Å². The number of piperidine rings is 1. The van der Waals surface area contributed by atoms with Gasteiger partial charge in [-0.1, -0.05) is 30.3 Å². The lowest BCUT2D eigenvalue weighted by Gasteiger charge is -2.50. The Hall–Kier alpha value is -4.82. The third-order valence-electron chi connectivity index (χ3n) is 9.75. The summed E-state index contributed by atoms with van der Waals surface area (Å²) in [6.45, 7) is 5.42. The molecular formula is C34H38F3N9O2. The van der Waals surface area contributed by atoms with Gasteiger partial charge in [-0.3, -0.25) is 9.58 Å². The molecule has 0 radical (unpaired) electrons. The lowest BCUT2D eigenvalue weighted by molar-refractivity contribution is -0.141. The smallest absolute Gasteiger partial charge is 0.434 e. The highest BCUT2D eigenvalue weighted by molar-refractivity contribution is 5.69. The van der Waals surface area contributed by atoms with Gasteiger partial charge in [0.2, 0.25) is 0 Å². The second-order valence-corrected chi connectivity index (χ2v) is 12.7. The number of amides is 1. The molecule has 1 atom stereocenters. The fourth-order valence-electron chi connectivity index (χ4n) is 7.19. The molecule has 3 aliphatic heterocycles. The van der Waals surface area contributed by atoms with E-state index in [1.807, 2.05) is 60.1 Å². The molecule has 3 aromatic rings. The number of aryl methyl sites for hydroxylation is 2. The average molecular weight is 662 g/mol. The number of benzene rings is 1. The summed E-state index contributed by atoms with van der Waals surface area (Å²) < 4.78 is 50.2. The summed E-state index contributed by atoms with van der Waals surface area (Å²) in [5.74, 6) is 0.420. The number of pyridine rings is 1. The van der Waals surface area contributed by atoms with Crippen molar-refractivity contribution in [3.8, 4) is 12.1 Å². The number of alkyl halides is 3. The number of anilines is 2. The molecule has 5 heterocycles. The number of hydrogen-bond acceptors (Lipinski definition) is 9. The fourth-order valence-corrected chi connectivity index (χ4v) is 7.19. The summed E-state index contributed by atoms with van der Waals surface area (Å²) >= 11 is 0. The van der Waals surface area contributed by atoms with Crippen LogP contribution in [-0.4, -0.2) is 88.6 Å². The normalized spacial score (nSPS) is 19.5. The zero-order valence-electron chi connectivity index (χ0n) is 27.0. The largest absolute Gasteiger partial charge is 0.445 e. The molecule has 0 unspecified atom stereocenters. The van der Waals surface area contributed by atoms with Crippen LogP contribution in [0.2, 0.25) is 0 Å².